The van der Waals surface area contributed by atoms with Crippen LogP contribution in [0.4, 0.5) is 5.69 Å². The van der Waals surface area contributed by atoms with Crippen molar-refractivity contribution in [2.75, 3.05) is 18.4 Å². The highest BCUT2D eigenvalue weighted by Crippen LogP contribution is 2.36. The highest BCUT2D eigenvalue weighted by molar-refractivity contribution is 5.97. The molecule has 34 heavy (non-hydrogen) atoms. The SMILES string of the molecule is O=C(O)c1cccc(C(=O)N2C[C@@H]3C[C@H](C2)c2ccc(NC(=O)C4CCCCC4)c(=O)n2C3)c1. The number of carboxylic acid groups (broad SMARTS) is 1. The van der Waals surface area contributed by atoms with Gasteiger partial charge in [-0.05, 0) is 55.5 Å². The van der Waals surface area contributed by atoms with Gasteiger partial charge in [0.15, 0.2) is 0 Å². The topological polar surface area (TPSA) is 109 Å². The van der Waals surface area contributed by atoms with Crippen molar-refractivity contribution in [3.05, 3.63) is 63.6 Å². The average molecular weight is 464 g/mol. The van der Waals surface area contributed by atoms with Crippen LogP contribution < -0.4 is 10.9 Å². The summed E-state index contributed by atoms with van der Waals surface area (Å²) in [4.78, 5) is 52.1. The van der Waals surface area contributed by atoms with Crippen molar-refractivity contribution in [2.45, 2.75) is 51.0 Å². The zero-order chi connectivity index (χ0) is 23.8. The molecule has 2 fully saturated rings. The number of likely N-dealkylation sites (tertiary alicyclic amines) is 1. The van der Waals surface area contributed by atoms with Gasteiger partial charge in [0, 0.05) is 42.7 Å². The monoisotopic (exact) mass is 463 g/mol. The van der Waals surface area contributed by atoms with Gasteiger partial charge in [0.2, 0.25) is 5.91 Å². The molecule has 2 aliphatic heterocycles. The molecule has 1 saturated heterocycles. The first-order chi connectivity index (χ1) is 16.4. The lowest BCUT2D eigenvalue weighted by molar-refractivity contribution is -0.120. The predicted octanol–water partition coefficient (Wildman–Crippen LogP) is 3.32. The van der Waals surface area contributed by atoms with Crippen molar-refractivity contribution in [3.63, 3.8) is 0 Å². The quantitative estimate of drug-likeness (QED) is 0.723. The highest BCUT2D eigenvalue weighted by atomic mass is 16.4. The van der Waals surface area contributed by atoms with Crippen LogP contribution in [0.1, 0.15) is 70.9 Å². The van der Waals surface area contributed by atoms with Gasteiger partial charge in [0.05, 0.1) is 5.56 Å². The Morgan fingerprint density at radius 2 is 1.71 bits per heavy atom. The number of carboxylic acids is 1. The number of pyridine rings is 1. The van der Waals surface area contributed by atoms with Gasteiger partial charge in [0.1, 0.15) is 5.69 Å². The van der Waals surface area contributed by atoms with E-state index in [4.69, 9.17) is 0 Å². The molecule has 3 aliphatic rings. The van der Waals surface area contributed by atoms with Crippen molar-refractivity contribution in [2.24, 2.45) is 11.8 Å². The van der Waals surface area contributed by atoms with Crippen LogP contribution in [0.3, 0.4) is 0 Å². The zero-order valence-electron chi connectivity index (χ0n) is 19.0. The molecule has 178 valence electrons. The molecule has 2 amide bonds. The van der Waals surface area contributed by atoms with E-state index in [9.17, 15) is 24.3 Å². The molecule has 1 saturated carbocycles. The lowest BCUT2D eigenvalue weighted by Crippen LogP contribution is -2.49. The van der Waals surface area contributed by atoms with E-state index in [1.807, 2.05) is 6.07 Å². The molecular formula is C26H29N3O5. The third-order valence-corrected chi connectivity index (χ3v) is 7.48. The van der Waals surface area contributed by atoms with Gasteiger partial charge in [-0.2, -0.15) is 0 Å². The molecule has 0 unspecified atom stereocenters. The van der Waals surface area contributed by atoms with Crippen LogP contribution in [-0.4, -0.2) is 45.4 Å². The van der Waals surface area contributed by atoms with E-state index < -0.39 is 5.97 Å². The molecule has 2 aromatic rings. The standard InChI is InChI=1S/C26H29N3O5/c30-23(17-5-2-1-3-6-17)27-21-9-10-22-20-11-16(14-29(22)25(21)32)13-28(15-20)24(31)18-7-4-8-19(12-18)26(33)34/h4,7-10,12,16-17,20H,1-3,5-6,11,13-15H2,(H,27,30)(H,33,34)/t16-,20+/m0/s1. The summed E-state index contributed by atoms with van der Waals surface area (Å²) in [6.45, 7) is 1.48. The normalized spacial score (nSPS) is 22.1. The maximum Gasteiger partial charge on any atom is 0.335 e. The third-order valence-electron chi connectivity index (χ3n) is 7.48. The Morgan fingerprint density at radius 3 is 2.47 bits per heavy atom. The summed E-state index contributed by atoms with van der Waals surface area (Å²) in [5, 5.41) is 12.1. The van der Waals surface area contributed by atoms with E-state index in [0.29, 0.717) is 30.9 Å². The summed E-state index contributed by atoms with van der Waals surface area (Å²) in [5.41, 5.74) is 1.48. The van der Waals surface area contributed by atoms with E-state index in [-0.39, 0.29) is 40.7 Å². The van der Waals surface area contributed by atoms with Crippen LogP contribution >= 0.6 is 0 Å². The number of anilines is 1. The summed E-state index contributed by atoms with van der Waals surface area (Å²) >= 11 is 0. The predicted molar refractivity (Wildman–Crippen MR) is 126 cm³/mol. The molecule has 2 atom stereocenters. The van der Waals surface area contributed by atoms with Crippen LogP contribution in [-0.2, 0) is 11.3 Å². The van der Waals surface area contributed by atoms with Crippen molar-refractivity contribution in [1.82, 2.24) is 9.47 Å². The maximum absolute atomic E-state index is 13.2. The molecule has 1 aliphatic carbocycles. The van der Waals surface area contributed by atoms with E-state index >= 15 is 0 Å². The number of hydrogen-bond donors (Lipinski definition) is 2. The molecule has 0 radical (unpaired) electrons. The zero-order valence-corrected chi connectivity index (χ0v) is 19.0. The summed E-state index contributed by atoms with van der Waals surface area (Å²) in [6, 6.07) is 9.70. The minimum Gasteiger partial charge on any atom is -0.478 e. The first kappa shape index (κ1) is 22.4. The van der Waals surface area contributed by atoms with Gasteiger partial charge in [-0.3, -0.25) is 14.4 Å². The van der Waals surface area contributed by atoms with Crippen LogP contribution in [0.5, 0.6) is 0 Å². The maximum atomic E-state index is 13.2. The van der Waals surface area contributed by atoms with E-state index in [1.165, 1.54) is 18.6 Å². The van der Waals surface area contributed by atoms with Crippen molar-refractivity contribution in [1.29, 1.82) is 0 Å². The molecule has 2 N–H and O–H groups in total. The Morgan fingerprint density at radius 1 is 0.941 bits per heavy atom. The van der Waals surface area contributed by atoms with Gasteiger partial charge < -0.3 is 19.9 Å². The fourth-order valence-corrected chi connectivity index (χ4v) is 5.77. The third kappa shape index (κ3) is 4.24. The molecule has 3 heterocycles. The lowest BCUT2D eigenvalue weighted by Gasteiger charge is -2.43. The number of nitrogens with zero attached hydrogens (tertiary/aromatic N) is 2. The second kappa shape index (κ2) is 9.08. The number of carbonyl (C=O) groups excluding carboxylic acids is 2. The van der Waals surface area contributed by atoms with Gasteiger partial charge in [-0.1, -0.05) is 25.3 Å². The number of aromatic nitrogens is 1. The van der Waals surface area contributed by atoms with Gasteiger partial charge in [0.25, 0.3) is 11.5 Å². The minimum absolute atomic E-state index is 0.0206. The Bertz CT molecular complexity index is 1200. The fourth-order valence-electron chi connectivity index (χ4n) is 5.77. The van der Waals surface area contributed by atoms with Crippen molar-refractivity contribution >= 4 is 23.5 Å². The highest BCUT2D eigenvalue weighted by Gasteiger charge is 2.37. The second-order valence-electron chi connectivity index (χ2n) is 9.81. The number of hydrogen-bond acceptors (Lipinski definition) is 4. The number of fused-ring (bicyclic) bond motifs is 4. The number of rotatable bonds is 4. The Hall–Kier alpha value is -3.42. The number of aromatic carboxylic acids is 1. The Kier molecular flexibility index (Phi) is 5.98. The van der Waals surface area contributed by atoms with Crippen LogP contribution in [0.25, 0.3) is 0 Å². The molecule has 1 aromatic carbocycles. The van der Waals surface area contributed by atoms with Gasteiger partial charge in [-0.15, -0.1) is 0 Å². The van der Waals surface area contributed by atoms with Crippen molar-refractivity contribution < 1.29 is 19.5 Å². The molecule has 2 bridgehead atoms. The fraction of sp³-hybridized carbons (Fsp3) is 0.462. The Balaban J connectivity index is 1.34. The van der Waals surface area contributed by atoms with Crippen LogP contribution in [0.2, 0.25) is 0 Å². The molecule has 5 rings (SSSR count). The number of nitrogens with one attached hydrogen (secondary N) is 1. The minimum atomic E-state index is -1.06. The van der Waals surface area contributed by atoms with Crippen LogP contribution in [0.15, 0.2) is 41.2 Å². The number of amides is 2. The molecule has 8 heteroatoms. The molecule has 0 spiro atoms. The summed E-state index contributed by atoms with van der Waals surface area (Å²) in [7, 11) is 0. The van der Waals surface area contributed by atoms with Crippen molar-refractivity contribution in [3.8, 4) is 0 Å². The van der Waals surface area contributed by atoms with E-state index in [1.54, 1.807) is 27.7 Å². The van der Waals surface area contributed by atoms with Crippen LogP contribution in [0, 0.1) is 11.8 Å². The summed E-state index contributed by atoms with van der Waals surface area (Å²) < 4.78 is 1.77. The Labute approximate surface area is 197 Å². The van der Waals surface area contributed by atoms with E-state index in [0.717, 1.165) is 37.8 Å². The van der Waals surface area contributed by atoms with E-state index in [2.05, 4.69) is 5.32 Å². The molecule has 8 nitrogen and oxygen atoms in total. The second-order valence-corrected chi connectivity index (χ2v) is 9.81. The molecular weight excluding hydrogens is 434 g/mol. The first-order valence-corrected chi connectivity index (χ1v) is 12.1. The average Bonchev–Trinajstić information content (AvgIpc) is 2.86. The molecule has 1 aromatic heterocycles. The number of piperidine rings is 1. The largest absolute Gasteiger partial charge is 0.478 e. The number of benzene rings is 1. The summed E-state index contributed by atoms with van der Waals surface area (Å²) in [5.74, 6) is -1.19. The number of carbonyl (C=O) groups is 3. The van der Waals surface area contributed by atoms with Gasteiger partial charge in [-0.25, -0.2) is 4.79 Å². The smallest absolute Gasteiger partial charge is 0.335 e. The summed E-state index contributed by atoms with van der Waals surface area (Å²) in [6.07, 6.45) is 5.93. The lowest BCUT2D eigenvalue weighted by atomic mass is 9.83. The first-order valence-electron chi connectivity index (χ1n) is 12.1. The van der Waals surface area contributed by atoms with Gasteiger partial charge >= 0.3 is 5.97 Å².